The van der Waals surface area contributed by atoms with Gasteiger partial charge in [-0.1, -0.05) is 56.3 Å². The van der Waals surface area contributed by atoms with E-state index in [1.165, 1.54) is 13.0 Å². The van der Waals surface area contributed by atoms with Gasteiger partial charge in [0.25, 0.3) is 0 Å². The van der Waals surface area contributed by atoms with Crippen LogP contribution in [0.25, 0.3) is 0 Å². The van der Waals surface area contributed by atoms with E-state index in [9.17, 15) is 28.0 Å². The van der Waals surface area contributed by atoms with Gasteiger partial charge in [0.1, 0.15) is 24.1 Å². The molecule has 2 aromatic rings. The van der Waals surface area contributed by atoms with Crippen LogP contribution in [0.1, 0.15) is 62.3 Å². The summed E-state index contributed by atoms with van der Waals surface area (Å²) in [6, 6.07) is 10.4. The number of likely N-dealkylation sites (tertiary alicyclic amines) is 1. The van der Waals surface area contributed by atoms with E-state index < -0.39 is 60.2 Å². The van der Waals surface area contributed by atoms with E-state index >= 15 is 0 Å². The topological polar surface area (TPSA) is 122 Å². The first kappa shape index (κ1) is 27.8. The first-order chi connectivity index (χ1) is 17.5. The van der Waals surface area contributed by atoms with Crippen LogP contribution in [0.4, 0.5) is 8.78 Å². The summed E-state index contributed by atoms with van der Waals surface area (Å²) in [5.41, 5.74) is 6.91. The maximum atomic E-state index is 14.8. The van der Waals surface area contributed by atoms with Crippen LogP contribution < -0.4 is 16.4 Å². The lowest BCUT2D eigenvalue weighted by atomic mass is 9.94. The van der Waals surface area contributed by atoms with E-state index in [1.54, 1.807) is 42.5 Å². The molecule has 1 aliphatic rings. The number of carbonyl (C=O) groups is 4. The van der Waals surface area contributed by atoms with E-state index in [0.29, 0.717) is 16.7 Å². The molecular formula is C27H32F2N4O4. The highest BCUT2D eigenvalue weighted by molar-refractivity contribution is 5.95. The van der Waals surface area contributed by atoms with Crippen molar-refractivity contribution in [1.29, 1.82) is 0 Å². The van der Waals surface area contributed by atoms with Gasteiger partial charge in [-0.15, -0.1) is 0 Å². The Morgan fingerprint density at radius 2 is 1.73 bits per heavy atom. The smallest absolute Gasteiger partial charge is 0.246 e. The largest absolute Gasteiger partial charge is 0.370 e. The van der Waals surface area contributed by atoms with Crippen LogP contribution in [-0.2, 0) is 19.2 Å². The Morgan fingerprint density at radius 1 is 1.05 bits per heavy atom. The number of nitrogens with one attached hydrogen (secondary N) is 2. The van der Waals surface area contributed by atoms with Gasteiger partial charge in [-0.2, -0.15) is 0 Å². The third kappa shape index (κ3) is 6.90. The number of amides is 4. The van der Waals surface area contributed by atoms with E-state index in [4.69, 9.17) is 5.73 Å². The molecular weight excluding hydrogens is 482 g/mol. The van der Waals surface area contributed by atoms with Crippen molar-refractivity contribution in [1.82, 2.24) is 15.5 Å². The molecule has 1 aliphatic heterocycles. The number of halogens is 2. The van der Waals surface area contributed by atoms with E-state index in [2.05, 4.69) is 10.6 Å². The Labute approximate surface area is 214 Å². The molecule has 10 heteroatoms. The Balaban J connectivity index is 1.90. The molecule has 8 nitrogen and oxygen atoms in total. The fourth-order valence-electron chi connectivity index (χ4n) is 4.56. The fourth-order valence-corrected chi connectivity index (χ4v) is 4.56. The standard InChI is InChI=1S/C27H32F2N4O4/c1-15(2)20-10-9-18(11-21(20)29)25(17-7-5-4-6-8-17)32-26(36)23-12-19(28)14-33(23)27(37)22(13-24(30)35)31-16(3)34/h4-11,15,19,22-23,25H,12-14H2,1-3H3,(H2,30,35)(H,31,34)(H,32,36). The number of hydrogen-bond acceptors (Lipinski definition) is 4. The van der Waals surface area contributed by atoms with Gasteiger partial charge < -0.3 is 21.3 Å². The highest BCUT2D eigenvalue weighted by Gasteiger charge is 2.43. The predicted molar refractivity (Wildman–Crippen MR) is 133 cm³/mol. The number of primary amides is 1. The number of rotatable bonds is 9. The molecule has 0 bridgehead atoms. The fraction of sp³-hybridized carbons (Fsp3) is 0.407. The van der Waals surface area contributed by atoms with Gasteiger partial charge in [0, 0.05) is 13.3 Å². The Morgan fingerprint density at radius 3 is 2.30 bits per heavy atom. The van der Waals surface area contributed by atoms with Crippen LogP contribution in [0.2, 0.25) is 0 Å². The summed E-state index contributed by atoms with van der Waals surface area (Å²) in [7, 11) is 0. The highest BCUT2D eigenvalue weighted by Crippen LogP contribution is 2.28. The van der Waals surface area contributed by atoms with Crippen molar-refractivity contribution in [2.45, 2.75) is 63.8 Å². The second kappa shape index (κ2) is 11.9. The first-order valence-corrected chi connectivity index (χ1v) is 12.1. The highest BCUT2D eigenvalue weighted by atomic mass is 19.1. The monoisotopic (exact) mass is 514 g/mol. The van der Waals surface area contributed by atoms with Crippen molar-refractivity contribution in [3.8, 4) is 0 Å². The van der Waals surface area contributed by atoms with Crippen molar-refractivity contribution in [2.75, 3.05) is 6.54 Å². The van der Waals surface area contributed by atoms with Gasteiger partial charge in [0.15, 0.2) is 0 Å². The minimum Gasteiger partial charge on any atom is -0.370 e. The normalized spacial score (nSPS) is 18.8. The van der Waals surface area contributed by atoms with Gasteiger partial charge in [-0.3, -0.25) is 19.2 Å². The van der Waals surface area contributed by atoms with Crippen molar-refractivity contribution in [3.05, 3.63) is 71.0 Å². The van der Waals surface area contributed by atoms with Crippen LogP contribution in [0.3, 0.4) is 0 Å². The molecule has 0 aliphatic carbocycles. The molecule has 0 spiro atoms. The van der Waals surface area contributed by atoms with Gasteiger partial charge in [0.2, 0.25) is 23.6 Å². The summed E-state index contributed by atoms with van der Waals surface area (Å²) in [4.78, 5) is 50.7. The third-order valence-electron chi connectivity index (χ3n) is 6.32. The summed E-state index contributed by atoms with van der Waals surface area (Å²) in [6.45, 7) is 4.54. The van der Waals surface area contributed by atoms with Crippen LogP contribution in [0.15, 0.2) is 48.5 Å². The molecule has 2 aromatic carbocycles. The molecule has 1 heterocycles. The molecule has 0 radical (unpaired) electrons. The zero-order valence-corrected chi connectivity index (χ0v) is 21.0. The molecule has 0 aromatic heterocycles. The maximum Gasteiger partial charge on any atom is 0.246 e. The van der Waals surface area contributed by atoms with Gasteiger partial charge in [0.05, 0.1) is 19.0 Å². The molecule has 3 rings (SSSR count). The number of nitrogens with two attached hydrogens (primary N) is 1. The molecule has 37 heavy (non-hydrogen) atoms. The van der Waals surface area contributed by atoms with Crippen molar-refractivity contribution >= 4 is 23.6 Å². The summed E-state index contributed by atoms with van der Waals surface area (Å²) < 4.78 is 29.3. The minimum absolute atomic E-state index is 0.0321. The summed E-state index contributed by atoms with van der Waals surface area (Å²) >= 11 is 0. The summed E-state index contributed by atoms with van der Waals surface area (Å²) in [5, 5.41) is 5.20. The zero-order chi connectivity index (χ0) is 27.3. The number of benzene rings is 2. The molecule has 4 unspecified atom stereocenters. The third-order valence-corrected chi connectivity index (χ3v) is 6.32. The van der Waals surface area contributed by atoms with E-state index in [-0.39, 0.29) is 18.9 Å². The zero-order valence-electron chi connectivity index (χ0n) is 21.0. The lowest BCUT2D eigenvalue weighted by Gasteiger charge is -2.29. The predicted octanol–water partition coefficient (Wildman–Crippen LogP) is 2.47. The Hall–Kier alpha value is -3.82. The van der Waals surface area contributed by atoms with Crippen LogP contribution in [-0.4, -0.2) is 53.3 Å². The van der Waals surface area contributed by atoms with Crippen molar-refractivity contribution in [3.63, 3.8) is 0 Å². The average molecular weight is 515 g/mol. The molecule has 4 amide bonds. The number of nitrogens with zero attached hydrogens (tertiary/aromatic N) is 1. The lowest BCUT2D eigenvalue weighted by Crippen LogP contribution is -2.54. The van der Waals surface area contributed by atoms with Crippen molar-refractivity contribution < 1.29 is 28.0 Å². The molecule has 4 atom stereocenters. The SMILES string of the molecule is CC(=O)NC(CC(N)=O)C(=O)N1CC(F)CC1C(=O)NC(c1ccccc1)c1ccc(C(C)C)c(F)c1. The van der Waals surface area contributed by atoms with E-state index in [1.807, 2.05) is 13.8 Å². The van der Waals surface area contributed by atoms with Crippen LogP contribution >= 0.6 is 0 Å². The Bertz CT molecular complexity index is 1140. The van der Waals surface area contributed by atoms with Crippen LogP contribution in [0.5, 0.6) is 0 Å². The van der Waals surface area contributed by atoms with Crippen molar-refractivity contribution in [2.24, 2.45) is 5.73 Å². The summed E-state index contributed by atoms with van der Waals surface area (Å²) in [6.07, 6.45) is -2.23. The summed E-state index contributed by atoms with van der Waals surface area (Å²) in [5.74, 6) is -3.27. The molecule has 198 valence electrons. The lowest BCUT2D eigenvalue weighted by molar-refractivity contribution is -0.142. The second-order valence-corrected chi connectivity index (χ2v) is 9.55. The van der Waals surface area contributed by atoms with Gasteiger partial charge in [-0.25, -0.2) is 8.78 Å². The number of carbonyl (C=O) groups excluding carboxylic acids is 4. The second-order valence-electron chi connectivity index (χ2n) is 9.55. The molecule has 1 fully saturated rings. The van der Waals surface area contributed by atoms with Gasteiger partial charge in [-0.05, 0) is 28.7 Å². The Kier molecular flexibility index (Phi) is 8.96. The van der Waals surface area contributed by atoms with Crippen LogP contribution in [0, 0.1) is 5.82 Å². The average Bonchev–Trinajstić information content (AvgIpc) is 3.23. The first-order valence-electron chi connectivity index (χ1n) is 12.1. The number of alkyl halides is 1. The number of hydrogen-bond donors (Lipinski definition) is 3. The minimum atomic E-state index is -1.48. The molecule has 4 N–H and O–H groups in total. The van der Waals surface area contributed by atoms with E-state index in [0.717, 1.165) is 4.90 Å². The van der Waals surface area contributed by atoms with Gasteiger partial charge >= 0.3 is 0 Å². The quantitative estimate of drug-likeness (QED) is 0.476. The molecule has 0 saturated carbocycles. The maximum absolute atomic E-state index is 14.8. The molecule has 1 saturated heterocycles.